The summed E-state index contributed by atoms with van der Waals surface area (Å²) in [5.41, 5.74) is 0.373. The number of alkyl halides is 1. The van der Waals surface area contributed by atoms with E-state index in [0.717, 1.165) is 0 Å². The Labute approximate surface area is 57.7 Å². The number of halogens is 1. The van der Waals surface area contributed by atoms with Crippen LogP contribution in [0.3, 0.4) is 0 Å². The van der Waals surface area contributed by atoms with E-state index in [0.29, 0.717) is 5.56 Å². The molecule has 0 N–H and O–H groups in total. The molecule has 0 atom stereocenters. The molecule has 0 saturated heterocycles. The van der Waals surface area contributed by atoms with Gasteiger partial charge in [-0.05, 0) is 12.1 Å². The monoisotopic (exact) mass is 139 g/mol. The largest absolute Gasteiger partial charge is 0.291 e. The Kier molecular flexibility index (Phi) is 2.10. The van der Waals surface area contributed by atoms with Crippen molar-refractivity contribution in [2.24, 2.45) is 0 Å². The maximum absolute atomic E-state index is 11.7. The smallest absolute Gasteiger partial charge is 0.193 e. The number of carbonyl (C=O) groups excluding carboxylic acids is 1. The Hall–Kier alpha value is -1.25. The van der Waals surface area contributed by atoms with Gasteiger partial charge in [0.2, 0.25) is 0 Å². The molecule has 1 aromatic heterocycles. The van der Waals surface area contributed by atoms with E-state index in [4.69, 9.17) is 0 Å². The van der Waals surface area contributed by atoms with Crippen molar-refractivity contribution in [3.63, 3.8) is 0 Å². The van der Waals surface area contributed by atoms with Gasteiger partial charge in [-0.2, -0.15) is 0 Å². The standard InChI is InChI=1S/C7H6FNO/c8-5-7(10)6-1-3-9-4-2-6/h1-4H,5H2. The summed E-state index contributed by atoms with van der Waals surface area (Å²) in [6.45, 7) is -0.940. The normalized spacial score (nSPS) is 9.30. The predicted octanol–water partition coefficient (Wildman–Crippen LogP) is 1.23. The van der Waals surface area contributed by atoms with Crippen LogP contribution in [0.1, 0.15) is 10.4 Å². The lowest BCUT2D eigenvalue weighted by atomic mass is 10.2. The van der Waals surface area contributed by atoms with Gasteiger partial charge in [0.15, 0.2) is 12.5 Å². The van der Waals surface area contributed by atoms with Gasteiger partial charge in [-0.15, -0.1) is 0 Å². The predicted molar refractivity (Wildman–Crippen MR) is 34.5 cm³/mol. The molecular weight excluding hydrogens is 133 g/mol. The lowest BCUT2D eigenvalue weighted by molar-refractivity contribution is 0.0958. The minimum Gasteiger partial charge on any atom is -0.291 e. The molecule has 0 unspecified atom stereocenters. The number of rotatable bonds is 2. The molecule has 52 valence electrons. The molecule has 0 aliphatic carbocycles. The zero-order valence-corrected chi connectivity index (χ0v) is 5.25. The molecule has 2 nitrogen and oxygen atoms in total. The molecule has 0 radical (unpaired) electrons. The van der Waals surface area contributed by atoms with E-state index >= 15 is 0 Å². The second-order valence-electron chi connectivity index (χ2n) is 1.79. The quantitative estimate of drug-likeness (QED) is 0.577. The molecule has 0 amide bonds. The lowest BCUT2D eigenvalue weighted by Crippen LogP contribution is -1.99. The number of Topliss-reactive ketones (excluding diaryl/α,β-unsaturated/α-hetero) is 1. The Bertz CT molecular complexity index is 222. The molecule has 1 heterocycles. The van der Waals surface area contributed by atoms with Crippen LogP contribution in [-0.4, -0.2) is 17.4 Å². The first-order chi connectivity index (χ1) is 4.84. The topological polar surface area (TPSA) is 30.0 Å². The number of hydrogen-bond acceptors (Lipinski definition) is 2. The molecule has 1 rings (SSSR count). The van der Waals surface area contributed by atoms with Crippen LogP contribution in [0.4, 0.5) is 4.39 Å². The Morgan fingerprint density at radius 3 is 2.60 bits per heavy atom. The Morgan fingerprint density at radius 2 is 2.10 bits per heavy atom. The highest BCUT2D eigenvalue weighted by Gasteiger charge is 2.01. The number of pyridine rings is 1. The van der Waals surface area contributed by atoms with E-state index in [-0.39, 0.29) is 0 Å². The summed E-state index contributed by atoms with van der Waals surface area (Å²) in [6, 6.07) is 2.98. The molecule has 0 saturated carbocycles. The van der Waals surface area contributed by atoms with Crippen LogP contribution in [0.25, 0.3) is 0 Å². The molecule has 1 aromatic rings. The van der Waals surface area contributed by atoms with Crippen molar-refractivity contribution in [2.45, 2.75) is 0 Å². The maximum Gasteiger partial charge on any atom is 0.193 e. The van der Waals surface area contributed by atoms with Crippen LogP contribution < -0.4 is 0 Å². The molecule has 0 bridgehead atoms. The zero-order chi connectivity index (χ0) is 7.40. The Balaban J connectivity index is 2.85. The summed E-state index contributed by atoms with van der Waals surface area (Å²) >= 11 is 0. The van der Waals surface area contributed by atoms with Gasteiger partial charge >= 0.3 is 0 Å². The third kappa shape index (κ3) is 1.37. The summed E-state index contributed by atoms with van der Waals surface area (Å²) < 4.78 is 11.7. The van der Waals surface area contributed by atoms with Gasteiger partial charge in [-0.3, -0.25) is 9.78 Å². The average Bonchev–Trinajstić information content (AvgIpc) is 2.05. The van der Waals surface area contributed by atoms with Crippen LogP contribution in [0.15, 0.2) is 24.5 Å². The Morgan fingerprint density at radius 1 is 1.50 bits per heavy atom. The molecule has 10 heavy (non-hydrogen) atoms. The van der Waals surface area contributed by atoms with E-state index in [1.807, 2.05) is 0 Å². The molecule has 0 aliphatic rings. The van der Waals surface area contributed by atoms with Gasteiger partial charge in [-0.25, -0.2) is 4.39 Å². The fourth-order valence-electron chi connectivity index (χ4n) is 0.615. The first-order valence-corrected chi connectivity index (χ1v) is 2.84. The van der Waals surface area contributed by atoms with Gasteiger partial charge in [0.05, 0.1) is 0 Å². The molecule has 0 aromatic carbocycles. The number of carbonyl (C=O) groups is 1. The fourth-order valence-corrected chi connectivity index (χ4v) is 0.615. The second kappa shape index (κ2) is 3.06. The van der Waals surface area contributed by atoms with Crippen molar-refractivity contribution in [2.75, 3.05) is 6.67 Å². The van der Waals surface area contributed by atoms with Crippen molar-refractivity contribution in [1.82, 2.24) is 4.98 Å². The minimum absolute atomic E-state index is 0.373. The summed E-state index contributed by atoms with van der Waals surface area (Å²) in [6.07, 6.45) is 2.92. The van der Waals surface area contributed by atoms with Crippen molar-refractivity contribution >= 4 is 5.78 Å². The summed E-state index contributed by atoms with van der Waals surface area (Å²) in [5.74, 6) is -0.498. The van der Waals surface area contributed by atoms with Crippen LogP contribution in [0, 0.1) is 0 Å². The van der Waals surface area contributed by atoms with Crippen molar-refractivity contribution in [1.29, 1.82) is 0 Å². The van der Waals surface area contributed by atoms with Crippen molar-refractivity contribution in [3.05, 3.63) is 30.1 Å². The second-order valence-corrected chi connectivity index (χ2v) is 1.79. The van der Waals surface area contributed by atoms with Gasteiger partial charge in [0.25, 0.3) is 0 Å². The van der Waals surface area contributed by atoms with Gasteiger partial charge in [0, 0.05) is 18.0 Å². The van der Waals surface area contributed by atoms with Crippen LogP contribution in [0.5, 0.6) is 0 Å². The van der Waals surface area contributed by atoms with Crippen LogP contribution in [0.2, 0.25) is 0 Å². The first kappa shape index (κ1) is 6.86. The highest BCUT2D eigenvalue weighted by Crippen LogP contribution is 1.97. The molecule has 0 fully saturated rings. The van der Waals surface area contributed by atoms with Gasteiger partial charge in [-0.1, -0.05) is 0 Å². The van der Waals surface area contributed by atoms with Crippen molar-refractivity contribution in [3.8, 4) is 0 Å². The van der Waals surface area contributed by atoms with Crippen LogP contribution in [-0.2, 0) is 0 Å². The van der Waals surface area contributed by atoms with E-state index < -0.39 is 12.5 Å². The fraction of sp³-hybridized carbons (Fsp3) is 0.143. The molecular formula is C7H6FNO. The third-order valence-electron chi connectivity index (χ3n) is 1.12. The average molecular weight is 139 g/mol. The molecule has 3 heteroatoms. The maximum atomic E-state index is 11.7. The van der Waals surface area contributed by atoms with Gasteiger partial charge < -0.3 is 0 Å². The van der Waals surface area contributed by atoms with Crippen molar-refractivity contribution < 1.29 is 9.18 Å². The summed E-state index contributed by atoms with van der Waals surface area (Å²) in [7, 11) is 0. The first-order valence-electron chi connectivity index (χ1n) is 2.84. The summed E-state index contributed by atoms with van der Waals surface area (Å²) in [5, 5.41) is 0. The highest BCUT2D eigenvalue weighted by molar-refractivity contribution is 5.96. The third-order valence-corrected chi connectivity index (χ3v) is 1.12. The van der Waals surface area contributed by atoms with E-state index in [1.54, 1.807) is 0 Å². The van der Waals surface area contributed by atoms with E-state index in [9.17, 15) is 9.18 Å². The van der Waals surface area contributed by atoms with E-state index in [1.165, 1.54) is 24.5 Å². The molecule has 0 spiro atoms. The summed E-state index contributed by atoms with van der Waals surface area (Å²) in [4.78, 5) is 14.3. The lowest BCUT2D eigenvalue weighted by Gasteiger charge is -1.91. The van der Waals surface area contributed by atoms with E-state index in [2.05, 4.69) is 4.98 Å². The number of hydrogen-bond donors (Lipinski definition) is 0. The van der Waals surface area contributed by atoms with Crippen LogP contribution >= 0.6 is 0 Å². The zero-order valence-electron chi connectivity index (χ0n) is 5.25. The highest BCUT2D eigenvalue weighted by atomic mass is 19.1. The number of aromatic nitrogens is 1. The van der Waals surface area contributed by atoms with Gasteiger partial charge in [0.1, 0.15) is 0 Å². The number of nitrogens with zero attached hydrogens (tertiary/aromatic N) is 1. The SMILES string of the molecule is O=C(CF)c1ccncc1. The number of ketones is 1. The molecule has 0 aliphatic heterocycles. The minimum atomic E-state index is -0.940.